The Morgan fingerprint density at radius 1 is 1.50 bits per heavy atom. The van der Waals surface area contributed by atoms with E-state index in [0.717, 1.165) is 19.1 Å². The Balaban J connectivity index is 2.19. The van der Waals surface area contributed by atoms with Gasteiger partial charge in [0.05, 0.1) is 0 Å². The minimum Gasteiger partial charge on any atom is -0.317 e. The van der Waals surface area contributed by atoms with E-state index in [-0.39, 0.29) is 0 Å². The van der Waals surface area contributed by atoms with E-state index in [1.54, 1.807) is 0 Å². The lowest BCUT2D eigenvalue weighted by Crippen LogP contribution is -2.41. The summed E-state index contributed by atoms with van der Waals surface area (Å²) in [5.41, 5.74) is 0. The van der Waals surface area contributed by atoms with Crippen LogP contribution in [0.3, 0.4) is 0 Å². The lowest BCUT2D eigenvalue weighted by molar-refractivity contribution is 0.178. The van der Waals surface area contributed by atoms with Crippen molar-refractivity contribution in [3.05, 3.63) is 0 Å². The van der Waals surface area contributed by atoms with Crippen molar-refractivity contribution < 1.29 is 0 Å². The zero-order valence-electron chi connectivity index (χ0n) is 11.5. The van der Waals surface area contributed by atoms with Crippen molar-refractivity contribution in [3.8, 4) is 0 Å². The van der Waals surface area contributed by atoms with Crippen molar-refractivity contribution in [2.75, 3.05) is 40.3 Å². The predicted octanol–water partition coefficient (Wildman–Crippen LogP) is 1.40. The fourth-order valence-electron chi connectivity index (χ4n) is 2.43. The first-order valence-corrected chi connectivity index (χ1v) is 6.76. The number of rotatable bonds is 7. The molecule has 96 valence electrons. The first kappa shape index (κ1) is 13.9. The molecule has 0 spiro atoms. The van der Waals surface area contributed by atoms with Crippen LogP contribution in [0, 0.1) is 0 Å². The third kappa shape index (κ3) is 4.40. The highest BCUT2D eigenvalue weighted by Crippen LogP contribution is 2.16. The number of hydrogen-bond donors (Lipinski definition) is 1. The molecule has 0 bridgehead atoms. The van der Waals surface area contributed by atoms with Crippen molar-refractivity contribution in [3.63, 3.8) is 0 Å². The number of nitrogens with one attached hydrogen (secondary N) is 1. The Hall–Kier alpha value is -0.120. The van der Waals surface area contributed by atoms with Crippen molar-refractivity contribution in [1.82, 2.24) is 15.1 Å². The Morgan fingerprint density at radius 2 is 2.25 bits per heavy atom. The summed E-state index contributed by atoms with van der Waals surface area (Å²) in [6, 6.07) is 1.47. The van der Waals surface area contributed by atoms with Crippen LogP contribution in [0.4, 0.5) is 0 Å². The van der Waals surface area contributed by atoms with E-state index >= 15 is 0 Å². The lowest BCUT2D eigenvalue weighted by Gasteiger charge is -2.30. The van der Waals surface area contributed by atoms with Crippen LogP contribution in [0.5, 0.6) is 0 Å². The second kappa shape index (κ2) is 7.25. The third-order valence-electron chi connectivity index (χ3n) is 3.91. The fourth-order valence-corrected chi connectivity index (χ4v) is 2.43. The second-order valence-electron chi connectivity index (χ2n) is 5.21. The first-order valence-electron chi connectivity index (χ1n) is 6.76. The molecule has 1 rings (SSSR count). The van der Waals surface area contributed by atoms with Crippen LogP contribution >= 0.6 is 0 Å². The lowest BCUT2D eigenvalue weighted by atomic mass is 10.1. The number of hydrogen-bond acceptors (Lipinski definition) is 3. The Morgan fingerprint density at radius 3 is 2.81 bits per heavy atom. The predicted molar refractivity (Wildman–Crippen MR) is 70.9 cm³/mol. The highest BCUT2D eigenvalue weighted by molar-refractivity contribution is 4.80. The van der Waals surface area contributed by atoms with Gasteiger partial charge in [-0.15, -0.1) is 0 Å². The molecule has 0 saturated carbocycles. The van der Waals surface area contributed by atoms with Gasteiger partial charge in [0.25, 0.3) is 0 Å². The largest absolute Gasteiger partial charge is 0.317 e. The summed E-state index contributed by atoms with van der Waals surface area (Å²) >= 11 is 0. The molecule has 1 saturated heterocycles. The quantitative estimate of drug-likeness (QED) is 0.663. The van der Waals surface area contributed by atoms with E-state index in [2.05, 4.69) is 43.1 Å². The summed E-state index contributed by atoms with van der Waals surface area (Å²) in [5, 5.41) is 3.40. The van der Waals surface area contributed by atoms with Crippen LogP contribution in [0.15, 0.2) is 0 Å². The molecule has 16 heavy (non-hydrogen) atoms. The molecule has 3 nitrogen and oxygen atoms in total. The van der Waals surface area contributed by atoms with E-state index in [1.165, 1.54) is 32.4 Å². The van der Waals surface area contributed by atoms with Crippen molar-refractivity contribution >= 4 is 0 Å². The molecule has 1 heterocycles. The minimum atomic E-state index is 0.688. The molecular formula is C13H29N3. The van der Waals surface area contributed by atoms with E-state index < -0.39 is 0 Å². The normalized spacial score (nSPS) is 24.2. The molecular weight excluding hydrogens is 198 g/mol. The molecule has 0 aromatic carbocycles. The molecule has 0 aromatic rings. The summed E-state index contributed by atoms with van der Waals surface area (Å²) in [5.74, 6) is 0. The summed E-state index contributed by atoms with van der Waals surface area (Å²) < 4.78 is 0. The van der Waals surface area contributed by atoms with Crippen LogP contribution in [-0.2, 0) is 0 Å². The SMILES string of the molecule is CCNCCC(C)N(C)CC1CCCN1C. The van der Waals surface area contributed by atoms with Crippen LogP contribution in [0.25, 0.3) is 0 Å². The summed E-state index contributed by atoms with van der Waals surface area (Å²) in [6.07, 6.45) is 4.00. The van der Waals surface area contributed by atoms with Gasteiger partial charge in [-0.05, 0) is 59.9 Å². The number of likely N-dealkylation sites (tertiary alicyclic amines) is 1. The molecule has 0 radical (unpaired) electrons. The number of likely N-dealkylation sites (N-methyl/N-ethyl adjacent to an activating group) is 2. The van der Waals surface area contributed by atoms with Gasteiger partial charge in [-0.25, -0.2) is 0 Å². The average Bonchev–Trinajstić information content (AvgIpc) is 2.64. The zero-order chi connectivity index (χ0) is 12.0. The van der Waals surface area contributed by atoms with Crippen LogP contribution in [0.2, 0.25) is 0 Å². The van der Waals surface area contributed by atoms with Gasteiger partial charge < -0.3 is 15.1 Å². The maximum atomic E-state index is 3.40. The smallest absolute Gasteiger partial charge is 0.0220 e. The highest BCUT2D eigenvalue weighted by Gasteiger charge is 2.23. The minimum absolute atomic E-state index is 0.688. The molecule has 0 amide bonds. The van der Waals surface area contributed by atoms with Gasteiger partial charge >= 0.3 is 0 Å². The molecule has 2 unspecified atom stereocenters. The average molecular weight is 227 g/mol. The van der Waals surface area contributed by atoms with E-state index in [9.17, 15) is 0 Å². The molecule has 0 aromatic heterocycles. The fraction of sp³-hybridized carbons (Fsp3) is 1.00. The van der Waals surface area contributed by atoms with Gasteiger partial charge in [0, 0.05) is 18.6 Å². The van der Waals surface area contributed by atoms with Gasteiger partial charge in [0.2, 0.25) is 0 Å². The monoisotopic (exact) mass is 227 g/mol. The van der Waals surface area contributed by atoms with Gasteiger partial charge in [0.15, 0.2) is 0 Å². The molecule has 2 atom stereocenters. The summed E-state index contributed by atoms with van der Waals surface area (Å²) in [4.78, 5) is 5.03. The Labute approximate surface area is 101 Å². The topological polar surface area (TPSA) is 18.5 Å². The molecule has 1 N–H and O–H groups in total. The first-order chi connectivity index (χ1) is 7.65. The van der Waals surface area contributed by atoms with Crippen molar-refractivity contribution in [1.29, 1.82) is 0 Å². The van der Waals surface area contributed by atoms with Gasteiger partial charge in [-0.2, -0.15) is 0 Å². The van der Waals surface area contributed by atoms with Gasteiger partial charge in [-0.3, -0.25) is 0 Å². The van der Waals surface area contributed by atoms with Gasteiger partial charge in [0.1, 0.15) is 0 Å². The Kier molecular flexibility index (Phi) is 6.32. The van der Waals surface area contributed by atoms with Gasteiger partial charge in [-0.1, -0.05) is 6.92 Å². The second-order valence-corrected chi connectivity index (χ2v) is 5.21. The maximum Gasteiger partial charge on any atom is 0.0220 e. The highest BCUT2D eigenvalue weighted by atomic mass is 15.2. The third-order valence-corrected chi connectivity index (χ3v) is 3.91. The molecule has 3 heteroatoms. The van der Waals surface area contributed by atoms with Crippen LogP contribution < -0.4 is 5.32 Å². The van der Waals surface area contributed by atoms with E-state index in [0.29, 0.717) is 6.04 Å². The van der Waals surface area contributed by atoms with Crippen LogP contribution in [0.1, 0.15) is 33.1 Å². The van der Waals surface area contributed by atoms with Crippen molar-refractivity contribution in [2.24, 2.45) is 0 Å². The molecule has 1 fully saturated rings. The Bertz CT molecular complexity index is 184. The maximum absolute atomic E-state index is 3.40. The standard InChI is InChI=1S/C13H29N3/c1-5-14-9-8-12(2)16(4)11-13-7-6-10-15(13)3/h12-14H,5-11H2,1-4H3. The number of nitrogens with zero attached hydrogens (tertiary/aromatic N) is 2. The summed E-state index contributed by atoms with van der Waals surface area (Å²) in [6.45, 7) is 9.24. The molecule has 1 aliphatic heterocycles. The van der Waals surface area contributed by atoms with E-state index in [4.69, 9.17) is 0 Å². The molecule has 0 aliphatic carbocycles. The van der Waals surface area contributed by atoms with Crippen molar-refractivity contribution in [2.45, 2.75) is 45.2 Å². The van der Waals surface area contributed by atoms with Crippen LogP contribution in [-0.4, -0.2) is 62.2 Å². The van der Waals surface area contributed by atoms with E-state index in [1.807, 2.05) is 0 Å². The zero-order valence-corrected chi connectivity index (χ0v) is 11.5. The summed E-state index contributed by atoms with van der Waals surface area (Å²) in [7, 11) is 4.53. The molecule has 1 aliphatic rings.